The molecule has 3 aliphatic rings. The summed E-state index contributed by atoms with van der Waals surface area (Å²) in [5.41, 5.74) is -0.676. The molecule has 0 aromatic carbocycles. The van der Waals surface area contributed by atoms with Crippen molar-refractivity contribution >= 4 is 17.8 Å². The van der Waals surface area contributed by atoms with Crippen molar-refractivity contribution in [2.24, 2.45) is 11.8 Å². The van der Waals surface area contributed by atoms with Gasteiger partial charge in [0.1, 0.15) is 5.54 Å². The van der Waals surface area contributed by atoms with Gasteiger partial charge >= 0.3 is 0 Å². The Hall–Kier alpha value is -2.38. The predicted octanol–water partition coefficient (Wildman–Crippen LogP) is 3.45. The van der Waals surface area contributed by atoms with Crippen LogP contribution in [-0.4, -0.2) is 46.5 Å². The third-order valence-electron chi connectivity index (χ3n) is 7.53. The topological polar surface area (TPSA) is 111 Å². The van der Waals surface area contributed by atoms with E-state index in [2.05, 4.69) is 15.8 Å². The molecule has 3 N–H and O–H groups in total. The van der Waals surface area contributed by atoms with Crippen LogP contribution in [0.3, 0.4) is 0 Å². The molecule has 2 saturated carbocycles. The number of nitrogens with zero attached hydrogens (tertiary/aromatic N) is 2. The third-order valence-corrected chi connectivity index (χ3v) is 7.53. The fraction of sp³-hybridized carbons (Fsp3) is 0.739. The van der Waals surface area contributed by atoms with Crippen molar-refractivity contribution in [3.8, 4) is 0 Å². The van der Waals surface area contributed by atoms with Crippen molar-refractivity contribution in [3.05, 3.63) is 18.0 Å². The molecule has 2 amide bonds. The smallest absolute Gasteiger partial charge is 0.290 e. The normalized spacial score (nSPS) is 29.8. The molecule has 0 bridgehead atoms. The van der Waals surface area contributed by atoms with E-state index in [-0.39, 0.29) is 29.6 Å². The standard InChI is InChI=1S/C23H35N5O3/c1-28-21(30)23(27-22(28)24,12-10-16-6-3-2-4-7-16)15-17-8-5-9-18(14-17)26-20(29)19-11-13-25-31-19/h11,13,16-18H,2-10,12,14-15H2,1H3,(H2,24,27)(H,26,29)/t17-,18+,23+/m0/s1. The Bertz CT molecular complexity index is 789. The molecule has 1 aliphatic heterocycles. The predicted molar refractivity (Wildman–Crippen MR) is 117 cm³/mol. The van der Waals surface area contributed by atoms with Gasteiger partial charge in [-0.25, -0.2) is 0 Å². The van der Waals surface area contributed by atoms with Crippen molar-refractivity contribution in [3.63, 3.8) is 0 Å². The van der Waals surface area contributed by atoms with Crippen LogP contribution in [0.1, 0.15) is 87.6 Å². The molecule has 170 valence electrons. The molecular weight excluding hydrogens is 394 g/mol. The highest BCUT2D eigenvalue weighted by atomic mass is 16.5. The van der Waals surface area contributed by atoms with Gasteiger partial charge in [0.25, 0.3) is 11.8 Å². The van der Waals surface area contributed by atoms with Crippen molar-refractivity contribution in [1.82, 2.24) is 20.7 Å². The first kappa shape index (κ1) is 21.8. The summed E-state index contributed by atoms with van der Waals surface area (Å²) >= 11 is 0. The minimum absolute atomic E-state index is 0.0288. The summed E-state index contributed by atoms with van der Waals surface area (Å²) < 4.78 is 4.97. The summed E-state index contributed by atoms with van der Waals surface area (Å²) in [5.74, 6) is 1.26. The summed E-state index contributed by atoms with van der Waals surface area (Å²) in [6.07, 6.45) is 14.3. The fourth-order valence-corrected chi connectivity index (χ4v) is 5.81. The van der Waals surface area contributed by atoms with E-state index in [0.717, 1.165) is 44.9 Å². The average molecular weight is 430 g/mol. The number of nitrogens with one attached hydrogen (secondary N) is 3. The van der Waals surface area contributed by atoms with Crippen LogP contribution in [0.5, 0.6) is 0 Å². The lowest BCUT2D eigenvalue weighted by Crippen LogP contribution is -2.50. The zero-order chi connectivity index (χ0) is 21.8. The third kappa shape index (κ3) is 4.93. The Labute approximate surface area is 184 Å². The SMILES string of the molecule is CN1C(=N)N[C@](CCC2CCCCC2)(C[C@H]2CCC[C@@H](NC(=O)c3ccno3)C2)C1=O. The number of likely N-dealkylation sites (N-methyl/N-ethyl adjacent to an activating group) is 1. The number of carbonyl (C=O) groups excluding carboxylic acids is 2. The Morgan fingerprint density at radius 2 is 2.03 bits per heavy atom. The van der Waals surface area contributed by atoms with Gasteiger partial charge < -0.3 is 15.2 Å². The Kier molecular flexibility index (Phi) is 6.62. The molecule has 1 saturated heterocycles. The van der Waals surface area contributed by atoms with Gasteiger partial charge in [0, 0.05) is 19.2 Å². The number of hydrogen-bond donors (Lipinski definition) is 3. The van der Waals surface area contributed by atoms with Gasteiger partial charge in [0.05, 0.1) is 6.20 Å². The molecule has 0 unspecified atom stereocenters. The summed E-state index contributed by atoms with van der Waals surface area (Å²) in [7, 11) is 1.70. The van der Waals surface area contributed by atoms with Gasteiger partial charge in [-0.15, -0.1) is 0 Å². The van der Waals surface area contributed by atoms with E-state index in [1.165, 1.54) is 43.2 Å². The highest BCUT2D eigenvalue weighted by Gasteiger charge is 2.49. The van der Waals surface area contributed by atoms with Crippen molar-refractivity contribution in [1.29, 1.82) is 5.41 Å². The van der Waals surface area contributed by atoms with E-state index in [4.69, 9.17) is 9.93 Å². The zero-order valence-electron chi connectivity index (χ0n) is 18.5. The first-order valence-electron chi connectivity index (χ1n) is 11.8. The first-order chi connectivity index (χ1) is 15.0. The number of hydrogen-bond acceptors (Lipinski definition) is 5. The van der Waals surface area contributed by atoms with E-state index in [1.54, 1.807) is 13.1 Å². The molecule has 0 radical (unpaired) electrons. The van der Waals surface area contributed by atoms with Gasteiger partial charge in [0.2, 0.25) is 5.76 Å². The minimum Gasteiger partial charge on any atom is -0.351 e. The lowest BCUT2D eigenvalue weighted by atomic mass is 9.74. The van der Waals surface area contributed by atoms with Crippen molar-refractivity contribution in [2.45, 2.75) is 88.6 Å². The molecule has 3 atom stereocenters. The molecule has 31 heavy (non-hydrogen) atoms. The minimum atomic E-state index is -0.676. The van der Waals surface area contributed by atoms with E-state index in [1.807, 2.05) is 0 Å². The quantitative estimate of drug-likeness (QED) is 0.615. The molecule has 0 spiro atoms. The van der Waals surface area contributed by atoms with Crippen LogP contribution in [0, 0.1) is 17.2 Å². The number of rotatable bonds is 7. The second kappa shape index (κ2) is 9.40. The van der Waals surface area contributed by atoms with E-state index >= 15 is 0 Å². The monoisotopic (exact) mass is 429 g/mol. The molecular formula is C23H35N5O3. The Morgan fingerprint density at radius 3 is 2.71 bits per heavy atom. The lowest BCUT2D eigenvalue weighted by Gasteiger charge is -2.36. The van der Waals surface area contributed by atoms with Gasteiger partial charge in [-0.1, -0.05) is 50.1 Å². The largest absolute Gasteiger partial charge is 0.351 e. The highest BCUT2D eigenvalue weighted by Crippen LogP contribution is 2.38. The lowest BCUT2D eigenvalue weighted by molar-refractivity contribution is -0.131. The van der Waals surface area contributed by atoms with E-state index in [0.29, 0.717) is 11.8 Å². The number of aromatic nitrogens is 1. The summed E-state index contributed by atoms with van der Waals surface area (Å²) in [5, 5.41) is 18.2. The molecule has 8 nitrogen and oxygen atoms in total. The van der Waals surface area contributed by atoms with Gasteiger partial charge in [0.15, 0.2) is 5.96 Å². The van der Waals surface area contributed by atoms with Crippen LogP contribution < -0.4 is 10.6 Å². The highest BCUT2D eigenvalue weighted by molar-refractivity contribution is 6.07. The van der Waals surface area contributed by atoms with E-state index < -0.39 is 5.54 Å². The zero-order valence-corrected chi connectivity index (χ0v) is 18.5. The first-order valence-corrected chi connectivity index (χ1v) is 11.8. The molecule has 1 aromatic heterocycles. The number of amides is 2. The number of carbonyl (C=O) groups is 2. The second-order valence-electron chi connectivity index (χ2n) is 9.75. The van der Waals surface area contributed by atoms with Crippen LogP contribution in [0.15, 0.2) is 16.8 Å². The van der Waals surface area contributed by atoms with Crippen molar-refractivity contribution in [2.75, 3.05) is 7.05 Å². The maximum absolute atomic E-state index is 13.2. The molecule has 8 heteroatoms. The average Bonchev–Trinajstić information content (AvgIpc) is 3.38. The summed E-state index contributed by atoms with van der Waals surface area (Å²) in [6.45, 7) is 0. The molecule has 2 heterocycles. The van der Waals surface area contributed by atoms with Gasteiger partial charge in [-0.3, -0.25) is 19.9 Å². The van der Waals surface area contributed by atoms with E-state index in [9.17, 15) is 9.59 Å². The maximum Gasteiger partial charge on any atom is 0.290 e. The van der Waals surface area contributed by atoms with Crippen LogP contribution in [0.25, 0.3) is 0 Å². The van der Waals surface area contributed by atoms with Crippen LogP contribution in [0.4, 0.5) is 0 Å². The molecule has 1 aromatic rings. The molecule has 2 aliphatic carbocycles. The molecule has 3 fully saturated rings. The van der Waals surface area contributed by atoms with Gasteiger partial charge in [-0.2, -0.15) is 0 Å². The Balaban J connectivity index is 1.40. The van der Waals surface area contributed by atoms with Crippen molar-refractivity contribution < 1.29 is 14.1 Å². The van der Waals surface area contributed by atoms with Gasteiger partial charge in [-0.05, 0) is 43.9 Å². The second-order valence-corrected chi connectivity index (χ2v) is 9.75. The van der Waals surface area contributed by atoms with Crippen LogP contribution >= 0.6 is 0 Å². The summed E-state index contributed by atoms with van der Waals surface area (Å²) in [4.78, 5) is 27.1. The maximum atomic E-state index is 13.2. The van der Waals surface area contributed by atoms with Crippen LogP contribution in [0.2, 0.25) is 0 Å². The summed E-state index contributed by atoms with van der Waals surface area (Å²) in [6, 6.07) is 1.64. The van der Waals surface area contributed by atoms with Crippen LogP contribution in [-0.2, 0) is 4.79 Å². The Morgan fingerprint density at radius 1 is 1.26 bits per heavy atom. The fourth-order valence-electron chi connectivity index (χ4n) is 5.81. The number of guanidine groups is 1. The molecule has 4 rings (SSSR count).